The third-order valence-electron chi connectivity index (χ3n) is 4.65. The summed E-state index contributed by atoms with van der Waals surface area (Å²) in [6, 6.07) is 8.31. The van der Waals surface area contributed by atoms with Gasteiger partial charge in [0.15, 0.2) is 0 Å². The van der Waals surface area contributed by atoms with Crippen LogP contribution in [0, 0.1) is 0 Å². The Morgan fingerprint density at radius 3 is 3.00 bits per heavy atom. The van der Waals surface area contributed by atoms with E-state index < -0.39 is 0 Å². The Bertz CT molecular complexity index is 674. The average Bonchev–Trinajstić information content (AvgIpc) is 3.24. The van der Waals surface area contributed by atoms with Crippen LogP contribution >= 0.6 is 0 Å². The van der Waals surface area contributed by atoms with Gasteiger partial charge in [-0.2, -0.15) is 0 Å². The number of aromatic nitrogens is 2. The third-order valence-corrected chi connectivity index (χ3v) is 4.65. The molecule has 1 unspecified atom stereocenters. The van der Waals surface area contributed by atoms with E-state index in [-0.39, 0.29) is 12.0 Å². The zero-order valence-electron chi connectivity index (χ0n) is 14.5. The van der Waals surface area contributed by atoms with Gasteiger partial charge in [0.2, 0.25) is 5.91 Å². The number of unbranched alkanes of at least 4 members (excludes halogenated alkanes) is 2. The fourth-order valence-corrected chi connectivity index (χ4v) is 3.36. The lowest BCUT2D eigenvalue weighted by molar-refractivity contribution is -0.130. The second kappa shape index (κ2) is 8.29. The second-order valence-electron chi connectivity index (χ2n) is 6.36. The molecular weight excluding hydrogens is 302 g/mol. The number of carbonyl (C=O) groups excluding carboxylic acids is 1. The van der Waals surface area contributed by atoms with Crippen LogP contribution in [-0.2, 0) is 22.5 Å². The Kier molecular flexibility index (Phi) is 5.86. The van der Waals surface area contributed by atoms with Gasteiger partial charge in [-0.05, 0) is 44.7 Å². The van der Waals surface area contributed by atoms with Gasteiger partial charge in [-0.3, -0.25) is 4.79 Å². The molecule has 1 N–H and O–H groups in total. The van der Waals surface area contributed by atoms with Gasteiger partial charge >= 0.3 is 0 Å². The molecule has 5 heteroatoms. The van der Waals surface area contributed by atoms with E-state index in [9.17, 15) is 4.79 Å². The normalized spacial score (nSPS) is 17.5. The van der Waals surface area contributed by atoms with Crippen molar-refractivity contribution in [1.29, 1.82) is 0 Å². The Morgan fingerprint density at radius 1 is 1.33 bits per heavy atom. The topological polar surface area (TPSA) is 56.2 Å². The molecule has 0 aliphatic carbocycles. The molecule has 1 aromatic carbocycles. The Balaban J connectivity index is 1.40. The average molecular weight is 329 g/mol. The molecule has 0 spiro atoms. The molecule has 2 aromatic rings. The number of aryl methyl sites for hydroxylation is 2. The largest absolute Gasteiger partial charge is 0.368 e. The molecule has 0 radical (unpaired) electrons. The fraction of sp³-hybridized carbons (Fsp3) is 0.579. The van der Waals surface area contributed by atoms with Gasteiger partial charge in [-0.1, -0.05) is 18.6 Å². The molecule has 1 saturated heterocycles. The van der Waals surface area contributed by atoms with Crippen molar-refractivity contribution in [3.8, 4) is 0 Å². The highest BCUT2D eigenvalue weighted by Gasteiger charge is 2.22. The van der Waals surface area contributed by atoms with Crippen molar-refractivity contribution in [1.82, 2.24) is 14.9 Å². The van der Waals surface area contributed by atoms with Crippen LogP contribution in [0.3, 0.4) is 0 Å². The molecule has 3 rings (SSSR count). The Labute approximate surface area is 143 Å². The highest BCUT2D eigenvalue weighted by molar-refractivity contribution is 5.80. The maximum absolute atomic E-state index is 11.8. The van der Waals surface area contributed by atoms with Crippen molar-refractivity contribution in [3.63, 3.8) is 0 Å². The standard InChI is InChI=1S/C19H27N3O2/c1-2-22-16-10-6-5-9-15(16)21-18(22)12-4-3-7-13-20-19(23)17-11-8-14-24-17/h5-6,9-10,17H,2-4,7-8,11-14H2,1H3,(H,20,23). The number of para-hydroxylation sites is 2. The Morgan fingerprint density at radius 2 is 2.21 bits per heavy atom. The van der Waals surface area contributed by atoms with Crippen LogP contribution in [0.5, 0.6) is 0 Å². The van der Waals surface area contributed by atoms with Gasteiger partial charge in [-0.15, -0.1) is 0 Å². The lowest BCUT2D eigenvalue weighted by Gasteiger charge is -2.10. The number of amides is 1. The fourth-order valence-electron chi connectivity index (χ4n) is 3.36. The van der Waals surface area contributed by atoms with E-state index in [1.165, 1.54) is 11.3 Å². The lowest BCUT2D eigenvalue weighted by atomic mass is 10.2. The van der Waals surface area contributed by atoms with Crippen molar-refractivity contribution in [2.45, 2.75) is 58.1 Å². The zero-order valence-corrected chi connectivity index (χ0v) is 14.5. The molecule has 2 heterocycles. The number of rotatable bonds is 8. The maximum Gasteiger partial charge on any atom is 0.249 e. The number of imidazole rings is 1. The van der Waals surface area contributed by atoms with Crippen LogP contribution in [0.25, 0.3) is 11.0 Å². The third kappa shape index (κ3) is 3.96. The van der Waals surface area contributed by atoms with E-state index in [0.717, 1.165) is 63.7 Å². The molecular formula is C19H27N3O2. The van der Waals surface area contributed by atoms with Crippen molar-refractivity contribution in [2.24, 2.45) is 0 Å². The van der Waals surface area contributed by atoms with Crippen LogP contribution < -0.4 is 5.32 Å². The molecule has 1 aliphatic heterocycles. The van der Waals surface area contributed by atoms with Gasteiger partial charge in [0, 0.05) is 26.1 Å². The minimum atomic E-state index is -0.213. The van der Waals surface area contributed by atoms with Gasteiger partial charge < -0.3 is 14.6 Å². The molecule has 5 nitrogen and oxygen atoms in total. The molecule has 1 fully saturated rings. The number of hydrogen-bond donors (Lipinski definition) is 1. The van der Waals surface area contributed by atoms with E-state index in [4.69, 9.17) is 9.72 Å². The molecule has 1 atom stereocenters. The number of fused-ring (bicyclic) bond motifs is 1. The lowest BCUT2D eigenvalue weighted by Crippen LogP contribution is -2.34. The first-order chi connectivity index (χ1) is 11.8. The summed E-state index contributed by atoms with van der Waals surface area (Å²) in [5.74, 6) is 1.22. The van der Waals surface area contributed by atoms with E-state index in [1.54, 1.807) is 0 Å². The van der Waals surface area contributed by atoms with Crippen molar-refractivity contribution < 1.29 is 9.53 Å². The first-order valence-electron chi connectivity index (χ1n) is 9.13. The summed E-state index contributed by atoms with van der Waals surface area (Å²) >= 11 is 0. The predicted octanol–water partition coefficient (Wildman–Crippen LogP) is 3.06. The Hall–Kier alpha value is -1.88. The number of ether oxygens (including phenoxy) is 1. The van der Waals surface area contributed by atoms with Crippen LogP contribution in [-0.4, -0.2) is 34.7 Å². The molecule has 1 aliphatic rings. The van der Waals surface area contributed by atoms with Gasteiger partial charge in [0.25, 0.3) is 0 Å². The summed E-state index contributed by atoms with van der Waals surface area (Å²) in [5, 5.41) is 2.98. The van der Waals surface area contributed by atoms with Gasteiger partial charge in [0.1, 0.15) is 11.9 Å². The smallest absolute Gasteiger partial charge is 0.249 e. The monoisotopic (exact) mass is 329 g/mol. The first kappa shape index (κ1) is 17.0. The molecule has 1 amide bonds. The molecule has 130 valence electrons. The van der Waals surface area contributed by atoms with Crippen molar-refractivity contribution in [2.75, 3.05) is 13.2 Å². The van der Waals surface area contributed by atoms with Crippen LogP contribution in [0.1, 0.15) is 44.9 Å². The maximum atomic E-state index is 11.8. The SMILES string of the molecule is CCn1c(CCCCCNC(=O)C2CCCO2)nc2ccccc21. The predicted molar refractivity (Wildman–Crippen MR) is 94.9 cm³/mol. The zero-order chi connectivity index (χ0) is 16.8. The van der Waals surface area contributed by atoms with E-state index in [1.807, 2.05) is 6.07 Å². The number of hydrogen-bond acceptors (Lipinski definition) is 3. The van der Waals surface area contributed by atoms with Gasteiger partial charge in [-0.25, -0.2) is 4.98 Å². The summed E-state index contributed by atoms with van der Waals surface area (Å²) in [4.78, 5) is 16.6. The summed E-state index contributed by atoms with van der Waals surface area (Å²) in [5.41, 5.74) is 2.30. The quantitative estimate of drug-likeness (QED) is 0.757. The second-order valence-corrected chi connectivity index (χ2v) is 6.36. The van der Waals surface area contributed by atoms with E-state index in [2.05, 4.69) is 35.0 Å². The summed E-state index contributed by atoms with van der Waals surface area (Å²) in [7, 11) is 0. The minimum Gasteiger partial charge on any atom is -0.368 e. The number of nitrogens with zero attached hydrogens (tertiary/aromatic N) is 2. The summed E-state index contributed by atoms with van der Waals surface area (Å²) in [6.45, 7) is 4.57. The number of benzene rings is 1. The highest BCUT2D eigenvalue weighted by atomic mass is 16.5. The summed E-state index contributed by atoms with van der Waals surface area (Å²) < 4.78 is 7.68. The minimum absolute atomic E-state index is 0.0558. The van der Waals surface area contributed by atoms with Crippen molar-refractivity contribution in [3.05, 3.63) is 30.1 Å². The molecule has 24 heavy (non-hydrogen) atoms. The highest BCUT2D eigenvalue weighted by Crippen LogP contribution is 2.17. The molecule has 1 aromatic heterocycles. The number of carbonyl (C=O) groups is 1. The van der Waals surface area contributed by atoms with E-state index in [0.29, 0.717) is 0 Å². The molecule has 0 saturated carbocycles. The van der Waals surface area contributed by atoms with Crippen LogP contribution in [0.15, 0.2) is 24.3 Å². The first-order valence-corrected chi connectivity index (χ1v) is 9.13. The van der Waals surface area contributed by atoms with Crippen LogP contribution in [0.4, 0.5) is 0 Å². The van der Waals surface area contributed by atoms with Crippen molar-refractivity contribution >= 4 is 16.9 Å². The van der Waals surface area contributed by atoms with Gasteiger partial charge in [0.05, 0.1) is 11.0 Å². The number of nitrogens with one attached hydrogen (secondary N) is 1. The molecule has 0 bridgehead atoms. The van der Waals surface area contributed by atoms with Crippen LogP contribution in [0.2, 0.25) is 0 Å². The van der Waals surface area contributed by atoms with E-state index >= 15 is 0 Å². The summed E-state index contributed by atoms with van der Waals surface area (Å²) in [6.07, 6.45) is 5.83.